The smallest absolute Gasteiger partial charge is 0.00671 e. The van der Waals surface area contributed by atoms with Crippen LogP contribution in [0.5, 0.6) is 0 Å². The molecule has 0 amide bonds. The van der Waals surface area contributed by atoms with E-state index in [0.717, 1.165) is 6.04 Å². The third-order valence-electron chi connectivity index (χ3n) is 4.36. The fourth-order valence-corrected chi connectivity index (χ4v) is 3.25. The molecule has 19 heavy (non-hydrogen) atoms. The van der Waals surface area contributed by atoms with Gasteiger partial charge in [-0.3, -0.25) is 0 Å². The fourth-order valence-electron chi connectivity index (χ4n) is 3.25. The van der Waals surface area contributed by atoms with Gasteiger partial charge in [-0.15, -0.1) is 12.4 Å². The van der Waals surface area contributed by atoms with Crippen molar-refractivity contribution in [2.24, 2.45) is 0 Å². The van der Waals surface area contributed by atoms with Gasteiger partial charge in [-0.2, -0.15) is 0 Å². The van der Waals surface area contributed by atoms with Crippen LogP contribution in [0.1, 0.15) is 49.7 Å². The van der Waals surface area contributed by atoms with Crippen molar-refractivity contribution in [3.05, 3.63) is 41.0 Å². The molecular weight excluding hydrogens is 254 g/mol. The zero-order valence-electron chi connectivity index (χ0n) is 11.5. The number of aryl methyl sites for hydroxylation is 1. The normalized spacial score (nSPS) is 18.6. The van der Waals surface area contributed by atoms with Gasteiger partial charge < -0.3 is 5.32 Å². The molecule has 1 aromatic carbocycles. The molecule has 1 N–H and O–H groups in total. The second kappa shape index (κ2) is 7.12. The van der Waals surface area contributed by atoms with Crippen LogP contribution in [-0.4, -0.2) is 12.6 Å². The Hall–Kier alpha value is -0.790. The first-order valence-corrected chi connectivity index (χ1v) is 7.42. The summed E-state index contributed by atoms with van der Waals surface area (Å²) in [6, 6.07) is 9.62. The number of hydrogen-bond acceptors (Lipinski definition) is 1. The average Bonchev–Trinajstić information content (AvgIpc) is 2.92. The van der Waals surface area contributed by atoms with Crippen LogP contribution in [0.15, 0.2) is 29.8 Å². The van der Waals surface area contributed by atoms with E-state index in [-0.39, 0.29) is 12.4 Å². The molecule has 0 spiro atoms. The molecule has 0 aromatic heterocycles. The summed E-state index contributed by atoms with van der Waals surface area (Å²) in [6.45, 7) is 1.17. The molecule has 0 saturated heterocycles. The molecular formula is C17H24ClN. The maximum atomic E-state index is 3.71. The van der Waals surface area contributed by atoms with Gasteiger partial charge in [0, 0.05) is 6.04 Å². The number of nitrogens with one attached hydrogen (secondary N) is 1. The Morgan fingerprint density at radius 2 is 1.84 bits per heavy atom. The summed E-state index contributed by atoms with van der Waals surface area (Å²) in [7, 11) is 0. The van der Waals surface area contributed by atoms with Gasteiger partial charge in [0.15, 0.2) is 0 Å². The largest absolute Gasteiger partial charge is 0.314 e. The van der Waals surface area contributed by atoms with E-state index < -0.39 is 0 Å². The van der Waals surface area contributed by atoms with Crippen molar-refractivity contribution in [3.8, 4) is 0 Å². The van der Waals surface area contributed by atoms with Gasteiger partial charge in [-0.25, -0.2) is 0 Å². The van der Waals surface area contributed by atoms with Crippen LogP contribution in [0.3, 0.4) is 0 Å². The van der Waals surface area contributed by atoms with E-state index in [2.05, 4.69) is 35.7 Å². The lowest BCUT2D eigenvalue weighted by Gasteiger charge is -2.18. The standard InChI is InChI=1S/C17H23N.ClH/c1-2-6-16-13-14(9-10-15(16)5-1)11-12-18-17-7-3-4-8-17;/h1-2,5-6,13,17-18H,3-4,7-12H2;1H. The van der Waals surface area contributed by atoms with Gasteiger partial charge in [-0.1, -0.05) is 48.8 Å². The lowest BCUT2D eigenvalue weighted by atomic mass is 9.91. The highest BCUT2D eigenvalue weighted by Crippen LogP contribution is 2.25. The maximum Gasteiger partial charge on any atom is 0.00671 e. The van der Waals surface area contributed by atoms with Crippen LogP contribution >= 0.6 is 12.4 Å². The first-order chi connectivity index (χ1) is 8.92. The van der Waals surface area contributed by atoms with E-state index in [4.69, 9.17) is 0 Å². The predicted octanol–water partition coefficient (Wildman–Crippen LogP) is 4.36. The van der Waals surface area contributed by atoms with Gasteiger partial charge >= 0.3 is 0 Å². The quantitative estimate of drug-likeness (QED) is 0.862. The van der Waals surface area contributed by atoms with Crippen molar-refractivity contribution in [2.75, 3.05) is 6.54 Å². The Balaban J connectivity index is 0.00000133. The molecule has 1 fully saturated rings. The van der Waals surface area contributed by atoms with E-state index in [9.17, 15) is 0 Å². The van der Waals surface area contributed by atoms with Crippen molar-refractivity contribution in [3.63, 3.8) is 0 Å². The first kappa shape index (κ1) is 14.6. The van der Waals surface area contributed by atoms with Crippen LogP contribution in [0.2, 0.25) is 0 Å². The minimum absolute atomic E-state index is 0. The number of hydrogen-bond donors (Lipinski definition) is 1. The third-order valence-corrected chi connectivity index (χ3v) is 4.36. The summed E-state index contributed by atoms with van der Waals surface area (Å²) in [6.07, 6.45) is 11.8. The maximum absolute atomic E-state index is 3.71. The molecule has 0 unspecified atom stereocenters. The molecule has 0 bridgehead atoms. The molecule has 0 aliphatic heterocycles. The molecule has 1 nitrogen and oxygen atoms in total. The second-order valence-electron chi connectivity index (χ2n) is 5.69. The first-order valence-electron chi connectivity index (χ1n) is 7.42. The summed E-state index contributed by atoms with van der Waals surface area (Å²) in [4.78, 5) is 0. The van der Waals surface area contributed by atoms with Crippen LogP contribution < -0.4 is 5.32 Å². The number of halogens is 1. The fraction of sp³-hybridized carbons (Fsp3) is 0.529. The van der Waals surface area contributed by atoms with Crippen molar-refractivity contribution < 1.29 is 0 Å². The van der Waals surface area contributed by atoms with Gasteiger partial charge in [0.05, 0.1) is 0 Å². The molecule has 104 valence electrons. The summed E-state index contributed by atoms with van der Waals surface area (Å²) >= 11 is 0. The van der Waals surface area contributed by atoms with Crippen molar-refractivity contribution in [1.29, 1.82) is 0 Å². The van der Waals surface area contributed by atoms with Crippen molar-refractivity contribution in [2.45, 2.75) is 51.0 Å². The minimum atomic E-state index is 0. The number of benzene rings is 1. The molecule has 2 aliphatic carbocycles. The van der Waals surface area contributed by atoms with Gasteiger partial charge in [0.25, 0.3) is 0 Å². The zero-order chi connectivity index (χ0) is 12.2. The summed E-state index contributed by atoms with van der Waals surface area (Å²) in [5, 5.41) is 3.71. The summed E-state index contributed by atoms with van der Waals surface area (Å²) in [5.41, 5.74) is 4.59. The van der Waals surface area contributed by atoms with Crippen molar-refractivity contribution in [1.82, 2.24) is 5.32 Å². The lowest BCUT2D eigenvalue weighted by Crippen LogP contribution is -2.27. The van der Waals surface area contributed by atoms with Gasteiger partial charge in [0.2, 0.25) is 0 Å². The van der Waals surface area contributed by atoms with E-state index in [0.29, 0.717) is 0 Å². The third kappa shape index (κ3) is 3.84. The molecule has 1 aromatic rings. The highest BCUT2D eigenvalue weighted by atomic mass is 35.5. The Labute approximate surface area is 122 Å². The summed E-state index contributed by atoms with van der Waals surface area (Å²) in [5.74, 6) is 0. The monoisotopic (exact) mass is 277 g/mol. The average molecular weight is 278 g/mol. The second-order valence-corrected chi connectivity index (χ2v) is 5.69. The number of fused-ring (bicyclic) bond motifs is 1. The molecule has 0 atom stereocenters. The highest BCUT2D eigenvalue weighted by Gasteiger charge is 2.14. The number of rotatable bonds is 4. The Morgan fingerprint density at radius 1 is 1.05 bits per heavy atom. The zero-order valence-corrected chi connectivity index (χ0v) is 12.3. The van der Waals surface area contributed by atoms with E-state index in [1.54, 1.807) is 5.57 Å². The van der Waals surface area contributed by atoms with Crippen molar-refractivity contribution >= 4 is 18.5 Å². The Bertz CT molecular complexity index is 433. The van der Waals surface area contributed by atoms with Gasteiger partial charge in [-0.05, 0) is 49.8 Å². The van der Waals surface area contributed by atoms with Crippen LogP contribution in [-0.2, 0) is 6.42 Å². The molecule has 0 radical (unpaired) electrons. The molecule has 2 heteroatoms. The Kier molecular flexibility index (Phi) is 5.47. The lowest BCUT2D eigenvalue weighted by molar-refractivity contribution is 0.524. The molecule has 1 saturated carbocycles. The predicted molar refractivity (Wildman–Crippen MR) is 84.9 cm³/mol. The van der Waals surface area contributed by atoms with Crippen LogP contribution in [0.4, 0.5) is 0 Å². The van der Waals surface area contributed by atoms with Crippen LogP contribution in [0.25, 0.3) is 6.08 Å². The van der Waals surface area contributed by atoms with Crippen LogP contribution in [0, 0.1) is 0 Å². The van der Waals surface area contributed by atoms with E-state index in [1.807, 2.05) is 0 Å². The SMILES string of the molecule is C1=C(CCNC2CCCC2)CCc2ccccc21.Cl. The van der Waals surface area contributed by atoms with E-state index >= 15 is 0 Å². The topological polar surface area (TPSA) is 12.0 Å². The van der Waals surface area contributed by atoms with Gasteiger partial charge in [0.1, 0.15) is 0 Å². The molecule has 2 aliphatic rings. The van der Waals surface area contributed by atoms with E-state index in [1.165, 1.54) is 62.6 Å². The molecule has 0 heterocycles. The summed E-state index contributed by atoms with van der Waals surface area (Å²) < 4.78 is 0. The minimum Gasteiger partial charge on any atom is -0.314 e. The Morgan fingerprint density at radius 3 is 2.68 bits per heavy atom. The molecule has 3 rings (SSSR count). The highest BCUT2D eigenvalue weighted by molar-refractivity contribution is 5.85.